The number of hydrogen-bond donors (Lipinski definition) is 1. The van der Waals surface area contributed by atoms with Crippen LogP contribution in [-0.4, -0.2) is 30.1 Å². The maximum Gasteiger partial charge on any atom is 0.0473 e. The second-order valence-electron chi connectivity index (χ2n) is 7.00. The number of hydrogen-bond acceptors (Lipinski definition) is 2. The summed E-state index contributed by atoms with van der Waals surface area (Å²) in [7, 11) is 0. The Morgan fingerprint density at radius 1 is 1.14 bits per heavy atom. The highest BCUT2D eigenvalue weighted by atomic mass is 15.3. The molecule has 0 spiro atoms. The van der Waals surface area contributed by atoms with Crippen molar-refractivity contribution >= 4 is 0 Å². The lowest BCUT2D eigenvalue weighted by Crippen LogP contribution is -2.60. The number of benzene rings is 1. The van der Waals surface area contributed by atoms with Crippen LogP contribution in [-0.2, 0) is 0 Å². The molecule has 1 unspecified atom stereocenters. The normalized spacial score (nSPS) is 25.9. The quantitative estimate of drug-likeness (QED) is 0.850. The van der Waals surface area contributed by atoms with Crippen LogP contribution in [0.3, 0.4) is 0 Å². The maximum atomic E-state index is 3.87. The maximum absolute atomic E-state index is 3.87. The van der Waals surface area contributed by atoms with Crippen molar-refractivity contribution in [2.45, 2.75) is 57.5 Å². The van der Waals surface area contributed by atoms with Gasteiger partial charge < -0.3 is 5.32 Å². The smallest absolute Gasteiger partial charge is 0.0473 e. The van der Waals surface area contributed by atoms with Crippen LogP contribution in [0.15, 0.2) is 30.3 Å². The second-order valence-corrected chi connectivity index (χ2v) is 7.00. The number of piperazine rings is 1. The first-order valence-corrected chi connectivity index (χ1v) is 8.80. The standard InChI is InChI=1S/C19H30N2/c1-3-19(4-2)15-21(13-12-16-10-11-16)18(14-20-19)17-8-6-5-7-9-17/h5-9,16,18,20H,3-4,10-15H2,1-2H3. The monoisotopic (exact) mass is 286 g/mol. The Bertz CT molecular complexity index is 434. The van der Waals surface area contributed by atoms with E-state index in [9.17, 15) is 0 Å². The first-order valence-electron chi connectivity index (χ1n) is 8.80. The van der Waals surface area contributed by atoms with E-state index in [-0.39, 0.29) is 0 Å². The minimum Gasteiger partial charge on any atom is -0.308 e. The van der Waals surface area contributed by atoms with Gasteiger partial charge in [0.05, 0.1) is 0 Å². The molecule has 1 saturated carbocycles. The van der Waals surface area contributed by atoms with E-state index in [4.69, 9.17) is 0 Å². The fraction of sp³-hybridized carbons (Fsp3) is 0.684. The Balaban J connectivity index is 1.74. The minimum absolute atomic E-state index is 0.328. The molecular formula is C19H30N2. The third-order valence-corrected chi connectivity index (χ3v) is 5.68. The van der Waals surface area contributed by atoms with E-state index in [1.165, 1.54) is 50.8 Å². The summed E-state index contributed by atoms with van der Waals surface area (Å²) in [5, 5.41) is 3.87. The summed E-state index contributed by atoms with van der Waals surface area (Å²) in [4.78, 5) is 2.76. The SMILES string of the molecule is CCC1(CC)CN(CCC2CC2)C(c2ccccc2)CN1. The Morgan fingerprint density at radius 2 is 1.86 bits per heavy atom. The molecule has 1 atom stereocenters. The van der Waals surface area contributed by atoms with Crippen molar-refractivity contribution in [1.29, 1.82) is 0 Å². The van der Waals surface area contributed by atoms with Crippen LogP contribution < -0.4 is 5.32 Å². The molecule has 1 aliphatic carbocycles. The first kappa shape index (κ1) is 15.1. The molecule has 3 rings (SSSR count). The molecular weight excluding hydrogens is 256 g/mol. The molecule has 2 nitrogen and oxygen atoms in total. The summed E-state index contributed by atoms with van der Waals surface area (Å²) in [6.45, 7) is 8.23. The van der Waals surface area contributed by atoms with Gasteiger partial charge in [-0.05, 0) is 37.3 Å². The molecule has 116 valence electrons. The number of nitrogens with zero attached hydrogens (tertiary/aromatic N) is 1. The number of nitrogens with one attached hydrogen (secondary N) is 1. The van der Waals surface area contributed by atoms with Gasteiger partial charge in [0.15, 0.2) is 0 Å². The predicted octanol–water partition coefficient (Wildman–Crippen LogP) is 3.99. The van der Waals surface area contributed by atoms with Crippen molar-refractivity contribution < 1.29 is 0 Å². The summed E-state index contributed by atoms with van der Waals surface area (Å²) < 4.78 is 0. The zero-order valence-electron chi connectivity index (χ0n) is 13.6. The zero-order chi connectivity index (χ0) is 14.7. The van der Waals surface area contributed by atoms with Gasteiger partial charge in [0.25, 0.3) is 0 Å². The summed E-state index contributed by atoms with van der Waals surface area (Å²) in [6, 6.07) is 11.6. The van der Waals surface area contributed by atoms with E-state index in [0.29, 0.717) is 11.6 Å². The van der Waals surface area contributed by atoms with Crippen molar-refractivity contribution in [1.82, 2.24) is 10.2 Å². The Labute approximate surface area is 129 Å². The molecule has 0 bridgehead atoms. The highest BCUT2D eigenvalue weighted by molar-refractivity contribution is 5.21. The largest absolute Gasteiger partial charge is 0.308 e. The Kier molecular flexibility index (Phi) is 4.66. The average molecular weight is 286 g/mol. The molecule has 1 saturated heterocycles. The fourth-order valence-electron chi connectivity index (χ4n) is 3.71. The van der Waals surface area contributed by atoms with Crippen molar-refractivity contribution in [3.8, 4) is 0 Å². The molecule has 1 aromatic rings. The molecule has 0 aromatic heterocycles. The average Bonchev–Trinajstić information content (AvgIpc) is 3.38. The third-order valence-electron chi connectivity index (χ3n) is 5.68. The van der Waals surface area contributed by atoms with Crippen LogP contribution >= 0.6 is 0 Å². The van der Waals surface area contributed by atoms with Gasteiger partial charge >= 0.3 is 0 Å². The van der Waals surface area contributed by atoms with Gasteiger partial charge in [-0.2, -0.15) is 0 Å². The lowest BCUT2D eigenvalue weighted by atomic mass is 9.87. The molecule has 1 aromatic carbocycles. The van der Waals surface area contributed by atoms with Gasteiger partial charge in [-0.1, -0.05) is 57.0 Å². The van der Waals surface area contributed by atoms with Crippen molar-refractivity contribution in [2.75, 3.05) is 19.6 Å². The Hall–Kier alpha value is -0.860. The molecule has 0 radical (unpaired) electrons. The van der Waals surface area contributed by atoms with Crippen molar-refractivity contribution in [2.24, 2.45) is 5.92 Å². The van der Waals surface area contributed by atoms with E-state index in [2.05, 4.69) is 54.4 Å². The summed E-state index contributed by atoms with van der Waals surface area (Å²) in [5.41, 5.74) is 1.80. The van der Waals surface area contributed by atoms with Gasteiger partial charge in [0.2, 0.25) is 0 Å². The van der Waals surface area contributed by atoms with Gasteiger partial charge in [0.1, 0.15) is 0 Å². The Morgan fingerprint density at radius 3 is 2.48 bits per heavy atom. The van der Waals surface area contributed by atoms with Crippen LogP contribution in [0.2, 0.25) is 0 Å². The predicted molar refractivity (Wildman–Crippen MR) is 89.4 cm³/mol. The van der Waals surface area contributed by atoms with Gasteiger partial charge in [0, 0.05) is 24.7 Å². The molecule has 0 amide bonds. The lowest BCUT2D eigenvalue weighted by Gasteiger charge is -2.48. The minimum atomic E-state index is 0.328. The van der Waals surface area contributed by atoms with Gasteiger partial charge in [-0.15, -0.1) is 0 Å². The van der Waals surface area contributed by atoms with Crippen molar-refractivity contribution in [3.05, 3.63) is 35.9 Å². The second kappa shape index (κ2) is 6.50. The first-order chi connectivity index (χ1) is 10.3. The van der Waals surface area contributed by atoms with Crippen molar-refractivity contribution in [3.63, 3.8) is 0 Å². The van der Waals surface area contributed by atoms with Crippen LogP contribution in [0.1, 0.15) is 57.6 Å². The van der Waals surface area contributed by atoms with E-state index in [0.717, 1.165) is 12.5 Å². The summed E-state index contributed by atoms with van der Waals surface area (Å²) in [5.74, 6) is 1.02. The molecule has 21 heavy (non-hydrogen) atoms. The van der Waals surface area contributed by atoms with Crippen LogP contribution in [0.5, 0.6) is 0 Å². The van der Waals surface area contributed by atoms with Gasteiger partial charge in [-0.3, -0.25) is 4.90 Å². The molecule has 1 N–H and O–H groups in total. The van der Waals surface area contributed by atoms with E-state index in [1.54, 1.807) is 0 Å². The molecule has 1 aliphatic heterocycles. The topological polar surface area (TPSA) is 15.3 Å². The van der Waals surface area contributed by atoms with Crippen LogP contribution in [0, 0.1) is 5.92 Å². The number of rotatable bonds is 6. The third kappa shape index (κ3) is 3.49. The van der Waals surface area contributed by atoms with Crippen LogP contribution in [0.25, 0.3) is 0 Å². The summed E-state index contributed by atoms with van der Waals surface area (Å²) >= 11 is 0. The van der Waals surface area contributed by atoms with E-state index in [1.807, 2.05) is 0 Å². The highest BCUT2D eigenvalue weighted by Crippen LogP contribution is 2.35. The van der Waals surface area contributed by atoms with Crippen LogP contribution in [0.4, 0.5) is 0 Å². The van der Waals surface area contributed by atoms with E-state index >= 15 is 0 Å². The zero-order valence-corrected chi connectivity index (χ0v) is 13.6. The molecule has 2 fully saturated rings. The molecule has 2 aliphatic rings. The fourth-order valence-corrected chi connectivity index (χ4v) is 3.71. The van der Waals surface area contributed by atoms with Gasteiger partial charge in [-0.25, -0.2) is 0 Å². The summed E-state index contributed by atoms with van der Waals surface area (Å²) in [6.07, 6.45) is 6.78. The molecule has 1 heterocycles. The highest BCUT2D eigenvalue weighted by Gasteiger charge is 2.37. The van der Waals surface area contributed by atoms with E-state index < -0.39 is 0 Å². The lowest BCUT2D eigenvalue weighted by molar-refractivity contribution is 0.0699. The molecule has 2 heteroatoms.